The van der Waals surface area contributed by atoms with Gasteiger partial charge in [-0.3, -0.25) is 14.4 Å². The average molecular weight is 431 g/mol. The number of amides is 2. The van der Waals surface area contributed by atoms with Crippen LogP contribution < -0.4 is 16.2 Å². The lowest BCUT2D eigenvalue weighted by Crippen LogP contribution is -2.33. The lowest BCUT2D eigenvalue weighted by Gasteiger charge is -2.26. The number of carbonyl (C=O) groups excluding carboxylic acids is 2. The normalized spacial score (nSPS) is 15.0. The first-order valence-corrected chi connectivity index (χ1v) is 10.8. The van der Waals surface area contributed by atoms with Gasteiger partial charge in [0.15, 0.2) is 0 Å². The van der Waals surface area contributed by atoms with E-state index in [1.165, 1.54) is 22.4 Å². The smallest absolute Gasteiger partial charge is 0.276 e. The molecule has 1 heterocycles. The first-order chi connectivity index (χ1) is 15.5. The molecular weight excluding hydrogens is 404 g/mol. The largest absolute Gasteiger partial charge is 0.349 e. The van der Waals surface area contributed by atoms with Gasteiger partial charge in [0.05, 0.1) is 12.6 Å². The van der Waals surface area contributed by atoms with E-state index in [-0.39, 0.29) is 36.2 Å². The van der Waals surface area contributed by atoms with Crippen molar-refractivity contribution in [1.29, 1.82) is 0 Å². The molecule has 32 heavy (non-hydrogen) atoms. The molecule has 1 aromatic heterocycles. The Bertz CT molecular complexity index is 1180. The van der Waals surface area contributed by atoms with Gasteiger partial charge in [0.25, 0.3) is 11.5 Å². The molecule has 1 aliphatic rings. The maximum atomic E-state index is 12.6. The first kappa shape index (κ1) is 21.5. The Kier molecular flexibility index (Phi) is 6.44. The molecule has 2 aromatic carbocycles. The van der Waals surface area contributed by atoms with Crippen LogP contribution in [0.15, 0.2) is 65.5 Å². The molecule has 0 aliphatic heterocycles. The first-order valence-electron chi connectivity index (χ1n) is 10.8. The van der Waals surface area contributed by atoms with Gasteiger partial charge >= 0.3 is 0 Å². The van der Waals surface area contributed by atoms with Crippen LogP contribution in [0.25, 0.3) is 0 Å². The maximum Gasteiger partial charge on any atom is 0.276 e. The number of carbonyl (C=O) groups is 2. The van der Waals surface area contributed by atoms with E-state index in [0.717, 1.165) is 30.4 Å². The number of nitrogens with zero attached hydrogens (tertiary/aromatic N) is 2. The lowest BCUT2D eigenvalue weighted by atomic mass is 9.88. The van der Waals surface area contributed by atoms with Crippen LogP contribution in [-0.4, -0.2) is 21.6 Å². The Balaban J connectivity index is 1.38. The summed E-state index contributed by atoms with van der Waals surface area (Å²) in [5.74, 6) is -0.555. The van der Waals surface area contributed by atoms with Crippen molar-refractivity contribution in [2.45, 2.75) is 45.2 Å². The third kappa shape index (κ3) is 5.11. The van der Waals surface area contributed by atoms with Gasteiger partial charge in [-0.1, -0.05) is 42.0 Å². The van der Waals surface area contributed by atoms with Gasteiger partial charge in [-0.2, -0.15) is 5.10 Å². The molecule has 3 aromatic rings. The van der Waals surface area contributed by atoms with Crippen LogP contribution in [0.2, 0.25) is 0 Å². The predicted octanol–water partition coefficient (Wildman–Crippen LogP) is 3.39. The highest BCUT2D eigenvalue weighted by Crippen LogP contribution is 2.29. The summed E-state index contributed by atoms with van der Waals surface area (Å²) in [5.41, 5.74) is 3.93. The van der Waals surface area contributed by atoms with Gasteiger partial charge in [0.2, 0.25) is 5.91 Å². The third-order valence-electron chi connectivity index (χ3n) is 5.66. The second kappa shape index (κ2) is 9.60. The van der Waals surface area contributed by atoms with Gasteiger partial charge in [-0.05, 0) is 55.5 Å². The fraction of sp³-hybridized carbons (Fsp3) is 0.280. The second-order valence-electron chi connectivity index (χ2n) is 8.06. The third-order valence-corrected chi connectivity index (χ3v) is 5.66. The van der Waals surface area contributed by atoms with Crippen LogP contribution in [-0.2, 0) is 17.8 Å². The molecule has 0 fully saturated rings. The average Bonchev–Trinajstić information content (AvgIpc) is 2.80. The minimum atomic E-state index is -0.411. The van der Waals surface area contributed by atoms with E-state index in [4.69, 9.17) is 0 Å². The SMILES string of the molecule is Cc1ccc(NC(=O)c2ccc(=O)n(CCC(=O)N[C@@H]3CCCc4ccccc43)n2)cc1. The topological polar surface area (TPSA) is 93.1 Å². The molecule has 0 unspecified atom stereocenters. The molecule has 1 atom stereocenters. The molecule has 0 spiro atoms. The molecule has 0 radical (unpaired) electrons. The van der Waals surface area contributed by atoms with Crippen molar-refractivity contribution in [1.82, 2.24) is 15.1 Å². The Morgan fingerprint density at radius 3 is 2.66 bits per heavy atom. The number of benzene rings is 2. The molecule has 0 saturated carbocycles. The Hall–Kier alpha value is -3.74. The Labute approximate surface area is 186 Å². The monoisotopic (exact) mass is 430 g/mol. The van der Waals surface area contributed by atoms with Crippen molar-refractivity contribution >= 4 is 17.5 Å². The van der Waals surface area contributed by atoms with E-state index in [0.29, 0.717) is 5.69 Å². The van der Waals surface area contributed by atoms with Crippen molar-refractivity contribution in [3.8, 4) is 0 Å². The fourth-order valence-corrected chi connectivity index (χ4v) is 3.94. The van der Waals surface area contributed by atoms with Crippen molar-refractivity contribution in [3.63, 3.8) is 0 Å². The van der Waals surface area contributed by atoms with E-state index in [9.17, 15) is 14.4 Å². The van der Waals surface area contributed by atoms with Crippen LogP contribution in [0.4, 0.5) is 5.69 Å². The summed E-state index contributed by atoms with van der Waals surface area (Å²) < 4.78 is 1.17. The van der Waals surface area contributed by atoms with Crippen LogP contribution in [0, 0.1) is 6.92 Å². The predicted molar refractivity (Wildman–Crippen MR) is 123 cm³/mol. The van der Waals surface area contributed by atoms with Crippen molar-refractivity contribution in [2.75, 3.05) is 5.32 Å². The molecule has 2 amide bonds. The zero-order chi connectivity index (χ0) is 22.5. The van der Waals surface area contributed by atoms with Gasteiger partial charge < -0.3 is 10.6 Å². The highest BCUT2D eigenvalue weighted by molar-refractivity contribution is 6.02. The number of fused-ring (bicyclic) bond motifs is 1. The van der Waals surface area contributed by atoms with E-state index < -0.39 is 5.91 Å². The number of nitrogens with one attached hydrogen (secondary N) is 2. The lowest BCUT2D eigenvalue weighted by molar-refractivity contribution is -0.122. The Morgan fingerprint density at radius 1 is 1.06 bits per heavy atom. The molecule has 0 saturated heterocycles. The van der Waals surface area contributed by atoms with Crippen LogP contribution in [0.5, 0.6) is 0 Å². The second-order valence-corrected chi connectivity index (χ2v) is 8.06. The van der Waals surface area contributed by atoms with Crippen molar-refractivity contribution in [2.24, 2.45) is 0 Å². The summed E-state index contributed by atoms with van der Waals surface area (Å²) in [6.45, 7) is 2.07. The van der Waals surface area contributed by atoms with Gasteiger partial charge in [0.1, 0.15) is 5.69 Å². The molecule has 4 rings (SSSR count). The van der Waals surface area contributed by atoms with Gasteiger partial charge in [0, 0.05) is 18.2 Å². The number of hydrogen-bond donors (Lipinski definition) is 2. The maximum absolute atomic E-state index is 12.6. The zero-order valence-corrected chi connectivity index (χ0v) is 18.0. The number of rotatable bonds is 6. The van der Waals surface area contributed by atoms with E-state index in [1.54, 1.807) is 12.1 Å². The zero-order valence-electron chi connectivity index (χ0n) is 18.0. The van der Waals surface area contributed by atoms with E-state index in [1.807, 2.05) is 31.2 Å². The molecule has 1 aliphatic carbocycles. The molecule has 7 nitrogen and oxygen atoms in total. The van der Waals surface area contributed by atoms with E-state index >= 15 is 0 Å². The van der Waals surface area contributed by atoms with Gasteiger partial charge in [-0.25, -0.2) is 4.68 Å². The summed E-state index contributed by atoms with van der Waals surface area (Å²) in [6.07, 6.45) is 3.06. The quantitative estimate of drug-likeness (QED) is 0.627. The minimum Gasteiger partial charge on any atom is -0.349 e. The highest BCUT2D eigenvalue weighted by atomic mass is 16.2. The fourth-order valence-electron chi connectivity index (χ4n) is 3.94. The number of anilines is 1. The van der Waals surface area contributed by atoms with Crippen molar-refractivity contribution in [3.05, 3.63) is 93.4 Å². The van der Waals surface area contributed by atoms with Crippen molar-refractivity contribution < 1.29 is 9.59 Å². The molecule has 2 N–H and O–H groups in total. The summed E-state index contributed by atoms with van der Waals surface area (Å²) in [5, 5.41) is 10.00. The van der Waals surface area contributed by atoms with Crippen LogP contribution >= 0.6 is 0 Å². The standard InChI is InChI=1S/C25H26N4O3/c1-17-9-11-19(12-10-17)26-25(32)22-13-14-24(31)29(28-22)16-15-23(30)27-21-8-4-6-18-5-2-3-7-20(18)21/h2-3,5,7,9-14,21H,4,6,8,15-16H2,1H3,(H,26,32)(H,27,30)/t21-/m1/s1. The number of aromatic nitrogens is 2. The summed E-state index contributed by atoms with van der Waals surface area (Å²) in [6, 6.07) is 18.2. The van der Waals surface area contributed by atoms with Crippen LogP contribution in [0.3, 0.4) is 0 Å². The minimum absolute atomic E-state index is 0.0104. The Morgan fingerprint density at radius 2 is 1.84 bits per heavy atom. The number of hydrogen-bond acceptors (Lipinski definition) is 4. The van der Waals surface area contributed by atoms with E-state index in [2.05, 4.69) is 27.9 Å². The molecule has 164 valence electrons. The summed E-state index contributed by atoms with van der Waals surface area (Å²) in [4.78, 5) is 37.3. The summed E-state index contributed by atoms with van der Waals surface area (Å²) in [7, 11) is 0. The van der Waals surface area contributed by atoms with Crippen LogP contribution in [0.1, 0.15) is 52.5 Å². The highest BCUT2D eigenvalue weighted by Gasteiger charge is 2.21. The summed E-state index contributed by atoms with van der Waals surface area (Å²) >= 11 is 0. The molecular formula is C25H26N4O3. The number of aryl methyl sites for hydroxylation is 3. The van der Waals surface area contributed by atoms with Gasteiger partial charge in [-0.15, -0.1) is 0 Å². The molecule has 7 heteroatoms. The molecule has 0 bridgehead atoms.